The van der Waals surface area contributed by atoms with Crippen molar-refractivity contribution in [2.45, 2.75) is 69.4 Å². The number of alkyl halides is 3. The number of nitrogens with two attached hydrogens (primary N) is 1. The number of carbonyl (C=O) groups excluding carboxylic acids is 2. The third-order valence-electron chi connectivity index (χ3n) is 6.52. The number of pyridine rings is 1. The predicted molar refractivity (Wildman–Crippen MR) is 124 cm³/mol. The molecule has 2 aliphatic rings. The third-order valence-corrected chi connectivity index (χ3v) is 6.76. The summed E-state index contributed by atoms with van der Waals surface area (Å²) in [6.45, 7) is 2.87. The molecular formula is C24H26ClF3N4O3. The van der Waals surface area contributed by atoms with E-state index in [9.17, 15) is 22.8 Å². The highest BCUT2D eigenvalue weighted by Gasteiger charge is 2.44. The van der Waals surface area contributed by atoms with Crippen LogP contribution in [0.15, 0.2) is 36.5 Å². The zero-order chi connectivity index (χ0) is 25.5. The molecule has 35 heavy (non-hydrogen) atoms. The van der Waals surface area contributed by atoms with Crippen molar-refractivity contribution in [2.24, 2.45) is 5.73 Å². The number of primary amides is 1. The topological polar surface area (TPSA) is 97.5 Å². The smallest absolute Gasteiger partial charge is 0.420 e. The normalized spacial score (nSPS) is 22.1. The number of aromatic nitrogens is 1. The highest BCUT2D eigenvalue weighted by atomic mass is 35.5. The number of piperidine rings is 1. The summed E-state index contributed by atoms with van der Waals surface area (Å²) in [5.74, 6) is -0.748. The van der Waals surface area contributed by atoms with Crippen LogP contribution in [-0.4, -0.2) is 40.5 Å². The maximum Gasteiger partial charge on any atom is 0.420 e. The summed E-state index contributed by atoms with van der Waals surface area (Å²) in [6, 6.07) is 6.73. The summed E-state index contributed by atoms with van der Waals surface area (Å²) < 4.78 is 45.9. The molecule has 0 saturated carbocycles. The quantitative estimate of drug-likeness (QED) is 0.603. The Morgan fingerprint density at radius 3 is 2.34 bits per heavy atom. The molecule has 3 N–H and O–H groups in total. The number of nitrogens with zero attached hydrogens (tertiary/aromatic N) is 2. The van der Waals surface area contributed by atoms with E-state index in [2.05, 4.69) is 15.2 Å². The third kappa shape index (κ3) is 5.32. The number of carbonyl (C=O) groups is 2. The van der Waals surface area contributed by atoms with Gasteiger partial charge in [0.1, 0.15) is 11.6 Å². The zero-order valence-corrected chi connectivity index (χ0v) is 20.0. The molecule has 4 rings (SSSR count). The molecule has 2 saturated heterocycles. The van der Waals surface area contributed by atoms with Gasteiger partial charge in [0, 0.05) is 29.3 Å². The van der Waals surface area contributed by atoms with Crippen LogP contribution in [0.3, 0.4) is 0 Å². The molecule has 188 valence electrons. The van der Waals surface area contributed by atoms with Gasteiger partial charge in [-0.15, -0.1) is 0 Å². The van der Waals surface area contributed by atoms with Crippen LogP contribution in [0, 0.1) is 0 Å². The minimum absolute atomic E-state index is 0.0760. The first-order chi connectivity index (χ1) is 16.3. The molecule has 11 heteroatoms. The molecule has 2 atom stereocenters. The van der Waals surface area contributed by atoms with E-state index >= 15 is 0 Å². The minimum Gasteiger partial charge on any atom is -0.477 e. The van der Waals surface area contributed by atoms with Crippen LogP contribution in [0.2, 0.25) is 5.02 Å². The van der Waals surface area contributed by atoms with E-state index in [4.69, 9.17) is 22.1 Å². The van der Waals surface area contributed by atoms with Gasteiger partial charge >= 0.3 is 6.18 Å². The summed E-state index contributed by atoms with van der Waals surface area (Å²) in [5, 5.41) is 2.89. The van der Waals surface area contributed by atoms with Crippen LogP contribution < -0.4 is 20.7 Å². The summed E-state index contributed by atoms with van der Waals surface area (Å²) in [7, 11) is 0. The molecule has 0 aliphatic carbocycles. The van der Waals surface area contributed by atoms with E-state index in [-0.39, 0.29) is 23.1 Å². The first-order valence-electron chi connectivity index (χ1n) is 11.3. The molecule has 7 nitrogen and oxygen atoms in total. The fraction of sp³-hybridized carbons (Fsp3) is 0.458. The standard InChI is InChI=1S/C24H26ClF3N4O3/c1-23(2,35-19-7-4-14(25)9-18(19)24(26,27)28)22(34)31-15-10-16-5-6-17(11-15)32(16)20-8-3-13(12-30-20)21(29)33/h3-4,7-9,12,15-17H,5-6,10-11H2,1-2H3,(H2,29,33)(H,31,34). The Balaban J connectivity index is 1.43. The monoisotopic (exact) mass is 510 g/mol. The van der Waals surface area contributed by atoms with Gasteiger partial charge in [-0.05, 0) is 69.9 Å². The van der Waals surface area contributed by atoms with E-state index in [1.54, 1.807) is 12.1 Å². The van der Waals surface area contributed by atoms with E-state index in [0.29, 0.717) is 18.4 Å². The van der Waals surface area contributed by atoms with Crippen LogP contribution in [0.1, 0.15) is 55.5 Å². The van der Waals surface area contributed by atoms with Crippen molar-refractivity contribution in [3.8, 4) is 5.75 Å². The second kappa shape index (κ2) is 9.22. The van der Waals surface area contributed by atoms with Crippen molar-refractivity contribution < 1.29 is 27.5 Å². The van der Waals surface area contributed by atoms with Gasteiger partial charge < -0.3 is 20.7 Å². The lowest BCUT2D eigenvalue weighted by Gasteiger charge is -2.41. The molecule has 2 amide bonds. The molecule has 3 heterocycles. The van der Waals surface area contributed by atoms with E-state index in [1.807, 2.05) is 0 Å². The fourth-order valence-electron chi connectivity index (χ4n) is 4.85. The Morgan fingerprint density at radius 1 is 1.14 bits per heavy atom. The van der Waals surface area contributed by atoms with E-state index < -0.39 is 34.9 Å². The maximum atomic E-state index is 13.4. The Hall–Kier alpha value is -3.01. The number of ether oxygens (including phenoxy) is 1. The van der Waals surface area contributed by atoms with Gasteiger partial charge in [-0.3, -0.25) is 9.59 Å². The average molecular weight is 511 g/mol. The highest BCUT2D eigenvalue weighted by Crippen LogP contribution is 2.40. The van der Waals surface area contributed by atoms with Crippen molar-refractivity contribution in [3.05, 3.63) is 52.7 Å². The molecule has 2 aliphatic heterocycles. The fourth-order valence-corrected chi connectivity index (χ4v) is 5.02. The van der Waals surface area contributed by atoms with Crippen LogP contribution in [0.5, 0.6) is 5.75 Å². The summed E-state index contributed by atoms with van der Waals surface area (Å²) in [6.07, 6.45) is -0.0519. The molecule has 2 fully saturated rings. The molecule has 2 unspecified atom stereocenters. The Labute approximate surface area is 205 Å². The summed E-state index contributed by atoms with van der Waals surface area (Å²) in [5.41, 5.74) is 3.04. The van der Waals surface area contributed by atoms with E-state index in [0.717, 1.165) is 30.8 Å². The number of hydrogen-bond acceptors (Lipinski definition) is 5. The van der Waals surface area contributed by atoms with Crippen LogP contribution in [0.25, 0.3) is 0 Å². The maximum absolute atomic E-state index is 13.4. The Morgan fingerprint density at radius 2 is 1.80 bits per heavy atom. The first kappa shape index (κ1) is 25.1. The number of fused-ring (bicyclic) bond motifs is 2. The van der Waals surface area contributed by atoms with Crippen molar-refractivity contribution in [3.63, 3.8) is 0 Å². The lowest BCUT2D eigenvalue weighted by atomic mass is 9.96. The average Bonchev–Trinajstić information content (AvgIpc) is 3.04. The molecule has 2 aromatic rings. The van der Waals surface area contributed by atoms with Crippen LogP contribution in [-0.2, 0) is 11.0 Å². The SMILES string of the molecule is CC(C)(Oc1ccc(Cl)cc1C(F)(F)F)C(=O)NC1CC2CCC(C1)N2c1ccc(C(N)=O)cn1. The molecule has 1 aromatic carbocycles. The Bertz CT molecular complexity index is 1110. The molecule has 0 spiro atoms. The van der Waals surface area contributed by atoms with Gasteiger partial charge in [0.25, 0.3) is 5.91 Å². The van der Waals surface area contributed by atoms with Gasteiger partial charge in [-0.2, -0.15) is 13.2 Å². The van der Waals surface area contributed by atoms with Crippen molar-refractivity contribution >= 4 is 29.2 Å². The van der Waals surface area contributed by atoms with Crippen molar-refractivity contribution in [2.75, 3.05) is 4.90 Å². The van der Waals surface area contributed by atoms with Gasteiger partial charge in [-0.25, -0.2) is 4.98 Å². The number of anilines is 1. The van der Waals surface area contributed by atoms with Gasteiger partial charge in [0.05, 0.1) is 11.1 Å². The number of amides is 2. The van der Waals surface area contributed by atoms with Gasteiger partial charge in [-0.1, -0.05) is 11.6 Å². The molecular weight excluding hydrogens is 485 g/mol. The second-order valence-electron chi connectivity index (χ2n) is 9.45. The van der Waals surface area contributed by atoms with Crippen molar-refractivity contribution in [1.82, 2.24) is 10.3 Å². The molecule has 0 radical (unpaired) electrons. The largest absolute Gasteiger partial charge is 0.477 e. The highest BCUT2D eigenvalue weighted by molar-refractivity contribution is 6.30. The lowest BCUT2D eigenvalue weighted by molar-refractivity contribution is -0.143. The zero-order valence-electron chi connectivity index (χ0n) is 19.2. The number of rotatable bonds is 6. The van der Waals surface area contributed by atoms with Crippen LogP contribution >= 0.6 is 11.6 Å². The lowest BCUT2D eigenvalue weighted by Crippen LogP contribution is -2.55. The number of halogens is 4. The minimum atomic E-state index is -4.68. The summed E-state index contributed by atoms with van der Waals surface area (Å²) in [4.78, 5) is 30.9. The van der Waals surface area contributed by atoms with Gasteiger partial charge in [0.15, 0.2) is 5.60 Å². The van der Waals surface area contributed by atoms with Gasteiger partial charge in [0.2, 0.25) is 5.91 Å². The number of benzene rings is 1. The first-order valence-corrected chi connectivity index (χ1v) is 11.6. The molecule has 1 aromatic heterocycles. The Kier molecular flexibility index (Phi) is 6.61. The second-order valence-corrected chi connectivity index (χ2v) is 9.89. The van der Waals surface area contributed by atoms with Crippen LogP contribution in [0.4, 0.5) is 19.0 Å². The van der Waals surface area contributed by atoms with Crippen molar-refractivity contribution in [1.29, 1.82) is 0 Å². The summed E-state index contributed by atoms with van der Waals surface area (Å²) >= 11 is 5.73. The number of hydrogen-bond donors (Lipinski definition) is 2. The predicted octanol–water partition coefficient (Wildman–Crippen LogP) is 4.33. The molecule has 2 bridgehead atoms. The van der Waals surface area contributed by atoms with E-state index in [1.165, 1.54) is 26.1 Å². The number of nitrogens with one attached hydrogen (secondary N) is 1.